The maximum absolute atomic E-state index is 10.8. The van der Waals surface area contributed by atoms with Gasteiger partial charge in [-0.1, -0.05) is 11.6 Å². The number of H-pyrrole nitrogens is 1. The van der Waals surface area contributed by atoms with Crippen LogP contribution in [0.5, 0.6) is 0 Å². The van der Waals surface area contributed by atoms with Crippen molar-refractivity contribution in [2.75, 3.05) is 0 Å². The largest absolute Gasteiger partial charge is 0.338 e. The zero-order valence-electron chi connectivity index (χ0n) is 10.6. The van der Waals surface area contributed by atoms with Crippen molar-refractivity contribution in [3.8, 4) is 11.4 Å². The summed E-state index contributed by atoms with van der Waals surface area (Å²) in [5.41, 5.74) is 3.22. The molecule has 5 nitrogen and oxygen atoms in total. The Labute approximate surface area is 119 Å². The number of nitrogens with one attached hydrogen (secondary N) is 1. The fourth-order valence-corrected chi connectivity index (χ4v) is 2.16. The molecule has 0 aliphatic heterocycles. The number of aromatic amines is 1. The maximum Gasteiger partial charge on any atom is 0.271 e. The lowest BCUT2D eigenvalue weighted by Crippen LogP contribution is -1.86. The molecule has 0 atom stereocenters. The summed E-state index contributed by atoms with van der Waals surface area (Å²) < 4.78 is 0. The second-order valence-corrected chi connectivity index (χ2v) is 4.92. The fourth-order valence-electron chi connectivity index (χ4n) is 2.04. The standard InChI is InChI=1S/C14H10ClN3O2/c1-8-6-9(2-4-11(8)15)14-16-12-5-3-10(18(19)20)7-13(12)17-14/h2-7H,1H3,(H,16,17). The number of nitrogens with zero attached hydrogens (tertiary/aromatic N) is 2. The van der Waals surface area contributed by atoms with E-state index < -0.39 is 4.92 Å². The van der Waals surface area contributed by atoms with Crippen molar-refractivity contribution in [3.05, 3.63) is 57.1 Å². The number of rotatable bonds is 2. The quantitative estimate of drug-likeness (QED) is 0.570. The highest BCUT2D eigenvalue weighted by atomic mass is 35.5. The summed E-state index contributed by atoms with van der Waals surface area (Å²) in [7, 11) is 0. The van der Waals surface area contributed by atoms with Crippen LogP contribution in [0.4, 0.5) is 5.69 Å². The Balaban J connectivity index is 2.12. The van der Waals surface area contributed by atoms with E-state index in [9.17, 15) is 10.1 Å². The molecule has 1 aromatic heterocycles. The summed E-state index contributed by atoms with van der Waals surface area (Å²) in [6.07, 6.45) is 0. The second-order valence-electron chi connectivity index (χ2n) is 4.51. The molecule has 20 heavy (non-hydrogen) atoms. The number of aromatic nitrogens is 2. The van der Waals surface area contributed by atoms with Gasteiger partial charge < -0.3 is 4.98 Å². The van der Waals surface area contributed by atoms with Crippen LogP contribution >= 0.6 is 11.6 Å². The Bertz CT molecular complexity index is 826. The number of fused-ring (bicyclic) bond motifs is 1. The van der Waals surface area contributed by atoms with Crippen LogP contribution in [0, 0.1) is 17.0 Å². The van der Waals surface area contributed by atoms with Gasteiger partial charge in [-0.25, -0.2) is 4.98 Å². The van der Waals surface area contributed by atoms with Crippen LogP contribution in [0.1, 0.15) is 5.56 Å². The summed E-state index contributed by atoms with van der Waals surface area (Å²) in [4.78, 5) is 17.9. The molecule has 0 radical (unpaired) electrons. The van der Waals surface area contributed by atoms with Crippen LogP contribution in [0.2, 0.25) is 5.02 Å². The Kier molecular flexibility index (Phi) is 2.91. The third kappa shape index (κ3) is 2.12. The van der Waals surface area contributed by atoms with E-state index in [1.54, 1.807) is 6.07 Å². The van der Waals surface area contributed by atoms with Gasteiger partial charge >= 0.3 is 0 Å². The number of imidazole rings is 1. The first kappa shape index (κ1) is 12.6. The highest BCUT2D eigenvalue weighted by Gasteiger charge is 2.11. The second kappa shape index (κ2) is 4.61. The number of benzene rings is 2. The number of hydrogen-bond acceptors (Lipinski definition) is 3. The Hall–Kier alpha value is -2.40. The van der Waals surface area contributed by atoms with Crippen LogP contribution in [0.25, 0.3) is 22.4 Å². The number of aryl methyl sites for hydroxylation is 1. The predicted molar refractivity (Wildman–Crippen MR) is 77.9 cm³/mol. The molecule has 0 saturated carbocycles. The molecule has 0 aliphatic rings. The van der Waals surface area contributed by atoms with Crippen LogP contribution < -0.4 is 0 Å². The van der Waals surface area contributed by atoms with Gasteiger partial charge in [-0.2, -0.15) is 0 Å². The van der Waals surface area contributed by atoms with Gasteiger partial charge in [0.2, 0.25) is 0 Å². The van der Waals surface area contributed by atoms with E-state index in [0.717, 1.165) is 11.1 Å². The maximum atomic E-state index is 10.8. The van der Waals surface area contributed by atoms with Crippen molar-refractivity contribution in [2.45, 2.75) is 6.92 Å². The first-order chi connectivity index (χ1) is 9.54. The summed E-state index contributed by atoms with van der Waals surface area (Å²) in [6.45, 7) is 1.92. The molecule has 1 heterocycles. The molecule has 0 saturated heterocycles. The number of hydrogen-bond donors (Lipinski definition) is 1. The number of non-ortho nitro benzene ring substituents is 1. The van der Waals surface area contributed by atoms with Crippen molar-refractivity contribution in [1.82, 2.24) is 9.97 Å². The Morgan fingerprint density at radius 1 is 1.25 bits per heavy atom. The van der Waals surface area contributed by atoms with E-state index in [0.29, 0.717) is 21.9 Å². The highest BCUT2D eigenvalue weighted by Crippen LogP contribution is 2.26. The fraction of sp³-hybridized carbons (Fsp3) is 0.0714. The van der Waals surface area contributed by atoms with E-state index in [2.05, 4.69) is 9.97 Å². The van der Waals surface area contributed by atoms with Crippen molar-refractivity contribution < 1.29 is 4.92 Å². The lowest BCUT2D eigenvalue weighted by atomic mass is 10.1. The van der Waals surface area contributed by atoms with Crippen molar-refractivity contribution >= 4 is 28.3 Å². The normalized spacial score (nSPS) is 10.9. The molecule has 0 amide bonds. The van der Waals surface area contributed by atoms with Gasteiger partial charge in [0.15, 0.2) is 0 Å². The number of nitro benzene ring substituents is 1. The van der Waals surface area contributed by atoms with E-state index in [1.807, 2.05) is 25.1 Å². The minimum atomic E-state index is -0.424. The SMILES string of the molecule is Cc1cc(-c2nc3ccc([N+](=O)[O-])cc3[nH]2)ccc1Cl. The van der Waals surface area contributed by atoms with Crippen molar-refractivity contribution in [3.63, 3.8) is 0 Å². The highest BCUT2D eigenvalue weighted by molar-refractivity contribution is 6.31. The zero-order chi connectivity index (χ0) is 14.3. The minimum absolute atomic E-state index is 0.0417. The third-order valence-electron chi connectivity index (χ3n) is 3.11. The summed E-state index contributed by atoms with van der Waals surface area (Å²) in [6, 6.07) is 10.2. The van der Waals surface area contributed by atoms with Gasteiger partial charge in [-0.3, -0.25) is 10.1 Å². The summed E-state index contributed by atoms with van der Waals surface area (Å²) in [5.74, 6) is 0.667. The molecule has 0 bridgehead atoms. The Morgan fingerprint density at radius 2 is 2.05 bits per heavy atom. The minimum Gasteiger partial charge on any atom is -0.338 e. The monoisotopic (exact) mass is 287 g/mol. The zero-order valence-corrected chi connectivity index (χ0v) is 11.3. The van der Waals surface area contributed by atoms with Gasteiger partial charge in [0.05, 0.1) is 16.0 Å². The third-order valence-corrected chi connectivity index (χ3v) is 3.53. The number of halogens is 1. The van der Waals surface area contributed by atoms with E-state index in [1.165, 1.54) is 12.1 Å². The first-order valence-corrected chi connectivity index (χ1v) is 6.33. The van der Waals surface area contributed by atoms with Gasteiger partial charge in [0.25, 0.3) is 5.69 Å². The van der Waals surface area contributed by atoms with Gasteiger partial charge in [0.1, 0.15) is 5.82 Å². The topological polar surface area (TPSA) is 71.8 Å². The lowest BCUT2D eigenvalue weighted by Gasteiger charge is -2.00. The Morgan fingerprint density at radius 3 is 2.75 bits per heavy atom. The van der Waals surface area contributed by atoms with Crippen LogP contribution in [0.15, 0.2) is 36.4 Å². The summed E-state index contributed by atoms with van der Waals surface area (Å²) in [5, 5.41) is 11.5. The predicted octanol–water partition coefficient (Wildman–Crippen LogP) is 4.10. The number of nitro groups is 1. The van der Waals surface area contributed by atoms with Crippen LogP contribution in [-0.2, 0) is 0 Å². The smallest absolute Gasteiger partial charge is 0.271 e. The van der Waals surface area contributed by atoms with Crippen molar-refractivity contribution in [2.24, 2.45) is 0 Å². The molecule has 3 aromatic rings. The van der Waals surface area contributed by atoms with Gasteiger partial charge in [-0.05, 0) is 36.8 Å². The molecule has 100 valence electrons. The molecule has 2 aromatic carbocycles. The molecule has 0 spiro atoms. The molecule has 0 aliphatic carbocycles. The molecule has 0 fully saturated rings. The average Bonchev–Trinajstić information content (AvgIpc) is 2.84. The molecule has 6 heteroatoms. The van der Waals surface area contributed by atoms with Crippen LogP contribution in [-0.4, -0.2) is 14.9 Å². The first-order valence-electron chi connectivity index (χ1n) is 5.95. The van der Waals surface area contributed by atoms with Crippen molar-refractivity contribution in [1.29, 1.82) is 0 Å². The molecule has 1 N–H and O–H groups in total. The van der Waals surface area contributed by atoms with Gasteiger partial charge in [0, 0.05) is 22.7 Å². The molecule has 0 unspecified atom stereocenters. The summed E-state index contributed by atoms with van der Waals surface area (Å²) >= 11 is 6.00. The molecular formula is C14H10ClN3O2. The van der Waals surface area contributed by atoms with Crippen LogP contribution in [0.3, 0.4) is 0 Å². The molecular weight excluding hydrogens is 278 g/mol. The van der Waals surface area contributed by atoms with E-state index in [-0.39, 0.29) is 5.69 Å². The lowest BCUT2D eigenvalue weighted by molar-refractivity contribution is -0.384. The van der Waals surface area contributed by atoms with E-state index >= 15 is 0 Å². The van der Waals surface area contributed by atoms with Gasteiger partial charge in [-0.15, -0.1) is 0 Å². The van der Waals surface area contributed by atoms with E-state index in [4.69, 9.17) is 11.6 Å². The molecule has 3 rings (SSSR count). The average molecular weight is 288 g/mol.